The van der Waals surface area contributed by atoms with Crippen molar-refractivity contribution in [2.45, 2.75) is 26.2 Å². The van der Waals surface area contributed by atoms with Gasteiger partial charge in [0.05, 0.1) is 13.0 Å². The monoisotopic (exact) mass is 234 g/mol. The highest BCUT2D eigenvalue weighted by atomic mass is 19.1. The van der Waals surface area contributed by atoms with E-state index in [-0.39, 0.29) is 17.7 Å². The van der Waals surface area contributed by atoms with Crippen molar-refractivity contribution < 1.29 is 13.9 Å². The Labute approximate surface area is 100 Å². The number of hydrogen-bond donors (Lipinski definition) is 0. The molecular formula is C14H15FO2. The maximum atomic E-state index is 13.3. The van der Waals surface area contributed by atoms with Crippen LogP contribution in [0.5, 0.6) is 0 Å². The van der Waals surface area contributed by atoms with Gasteiger partial charge in [0.25, 0.3) is 0 Å². The molecule has 0 saturated heterocycles. The minimum absolute atomic E-state index is 0.302. The highest BCUT2D eigenvalue weighted by Crippen LogP contribution is 2.39. The lowest BCUT2D eigenvalue weighted by Gasteiger charge is -2.25. The quantitative estimate of drug-likeness (QED) is 0.697. The Kier molecular flexibility index (Phi) is 3.01. The van der Waals surface area contributed by atoms with Crippen LogP contribution in [0.2, 0.25) is 0 Å². The molecule has 1 aromatic rings. The van der Waals surface area contributed by atoms with Gasteiger partial charge in [0, 0.05) is 0 Å². The summed E-state index contributed by atoms with van der Waals surface area (Å²) in [5.41, 5.74) is 3.96. The van der Waals surface area contributed by atoms with Crippen LogP contribution in [0.1, 0.15) is 37.3 Å². The zero-order valence-corrected chi connectivity index (χ0v) is 10.2. The van der Waals surface area contributed by atoms with E-state index in [1.807, 2.05) is 13.8 Å². The predicted octanol–water partition coefficient (Wildman–Crippen LogP) is 3.28. The Balaban J connectivity index is 2.58. The molecule has 0 unspecified atom stereocenters. The van der Waals surface area contributed by atoms with Gasteiger partial charge in [0.1, 0.15) is 5.82 Å². The van der Waals surface area contributed by atoms with Gasteiger partial charge in [0.15, 0.2) is 0 Å². The molecule has 0 aromatic heterocycles. The molecule has 1 atom stereocenters. The molecule has 0 N–H and O–H groups in total. The van der Waals surface area contributed by atoms with Crippen molar-refractivity contribution in [2.24, 2.45) is 0 Å². The average molecular weight is 234 g/mol. The van der Waals surface area contributed by atoms with Gasteiger partial charge in [0.2, 0.25) is 0 Å². The number of hydrogen-bond acceptors (Lipinski definition) is 2. The second kappa shape index (κ2) is 4.32. The lowest BCUT2D eigenvalue weighted by atomic mass is 9.79. The number of benzene rings is 1. The maximum absolute atomic E-state index is 13.3. The van der Waals surface area contributed by atoms with Crippen LogP contribution in [0.25, 0.3) is 5.57 Å². The van der Waals surface area contributed by atoms with Crippen molar-refractivity contribution in [1.82, 2.24) is 0 Å². The minimum atomic E-state index is -0.380. The molecule has 2 nitrogen and oxygen atoms in total. The van der Waals surface area contributed by atoms with Crippen LogP contribution in [0.4, 0.5) is 4.39 Å². The fraction of sp³-hybridized carbons (Fsp3) is 0.357. The van der Waals surface area contributed by atoms with E-state index in [1.165, 1.54) is 19.2 Å². The SMILES string of the molecule is COC(=O)[C@@H]1CC(C)=C(C)c2ccc(F)cc21. The summed E-state index contributed by atoms with van der Waals surface area (Å²) in [6, 6.07) is 4.60. The molecule has 0 aliphatic heterocycles. The summed E-state index contributed by atoms with van der Waals surface area (Å²) in [5, 5.41) is 0. The van der Waals surface area contributed by atoms with Crippen molar-refractivity contribution >= 4 is 11.5 Å². The Morgan fingerprint density at radius 1 is 1.41 bits per heavy atom. The maximum Gasteiger partial charge on any atom is 0.313 e. The normalized spacial score (nSPS) is 18.9. The van der Waals surface area contributed by atoms with Gasteiger partial charge < -0.3 is 4.74 Å². The third-order valence-corrected chi connectivity index (χ3v) is 3.43. The third-order valence-electron chi connectivity index (χ3n) is 3.43. The van der Waals surface area contributed by atoms with E-state index >= 15 is 0 Å². The topological polar surface area (TPSA) is 26.3 Å². The van der Waals surface area contributed by atoms with Gasteiger partial charge >= 0.3 is 5.97 Å². The molecule has 3 heteroatoms. The smallest absolute Gasteiger partial charge is 0.313 e. The fourth-order valence-corrected chi connectivity index (χ4v) is 2.32. The summed E-state index contributed by atoms with van der Waals surface area (Å²) < 4.78 is 18.1. The first-order valence-electron chi connectivity index (χ1n) is 5.58. The van der Waals surface area contributed by atoms with Gasteiger partial charge in [-0.1, -0.05) is 11.6 Å². The molecule has 0 radical (unpaired) electrons. The second-order valence-corrected chi connectivity index (χ2v) is 4.42. The van der Waals surface area contributed by atoms with Crippen molar-refractivity contribution in [3.05, 3.63) is 40.7 Å². The van der Waals surface area contributed by atoms with Gasteiger partial charge in [-0.05, 0) is 49.1 Å². The first-order chi connectivity index (χ1) is 8.04. The Morgan fingerprint density at radius 3 is 2.76 bits per heavy atom. The number of esters is 1. The molecule has 2 rings (SSSR count). The lowest BCUT2D eigenvalue weighted by Crippen LogP contribution is -2.19. The van der Waals surface area contributed by atoms with Crippen molar-refractivity contribution in [1.29, 1.82) is 0 Å². The summed E-state index contributed by atoms with van der Waals surface area (Å²) in [7, 11) is 1.36. The van der Waals surface area contributed by atoms with E-state index in [9.17, 15) is 9.18 Å². The van der Waals surface area contributed by atoms with Gasteiger partial charge in [-0.2, -0.15) is 0 Å². The highest BCUT2D eigenvalue weighted by Gasteiger charge is 2.29. The predicted molar refractivity (Wildman–Crippen MR) is 64.0 cm³/mol. The van der Waals surface area contributed by atoms with Crippen LogP contribution in [0.3, 0.4) is 0 Å². The van der Waals surface area contributed by atoms with Gasteiger partial charge in [-0.25, -0.2) is 4.39 Å². The molecule has 0 spiro atoms. The second-order valence-electron chi connectivity index (χ2n) is 4.42. The van der Waals surface area contributed by atoms with E-state index in [0.717, 1.165) is 22.3 Å². The number of rotatable bonds is 1. The molecule has 0 fully saturated rings. The third kappa shape index (κ3) is 1.97. The van der Waals surface area contributed by atoms with Crippen LogP contribution in [0, 0.1) is 5.82 Å². The van der Waals surface area contributed by atoms with E-state index in [2.05, 4.69) is 0 Å². The molecule has 0 saturated carbocycles. The standard InChI is InChI=1S/C14H15FO2/c1-8-6-13(14(16)17-3)12-7-10(15)4-5-11(12)9(8)2/h4-5,7,13H,6H2,1-3H3/t13-/m1/s1. The van der Waals surface area contributed by atoms with Crippen LogP contribution >= 0.6 is 0 Å². The Morgan fingerprint density at radius 2 is 2.12 bits per heavy atom. The molecule has 90 valence electrons. The van der Waals surface area contributed by atoms with E-state index in [1.54, 1.807) is 6.07 Å². The number of carbonyl (C=O) groups excluding carboxylic acids is 1. The number of methoxy groups -OCH3 is 1. The molecule has 1 aliphatic rings. The average Bonchev–Trinajstić information content (AvgIpc) is 2.32. The van der Waals surface area contributed by atoms with E-state index in [0.29, 0.717) is 6.42 Å². The van der Waals surface area contributed by atoms with E-state index < -0.39 is 0 Å². The summed E-state index contributed by atoms with van der Waals surface area (Å²) in [6.07, 6.45) is 0.606. The summed E-state index contributed by atoms with van der Waals surface area (Å²) in [6.45, 7) is 4.00. The summed E-state index contributed by atoms with van der Waals surface area (Å²) >= 11 is 0. The molecule has 17 heavy (non-hydrogen) atoms. The zero-order chi connectivity index (χ0) is 12.6. The van der Waals surface area contributed by atoms with Crippen LogP contribution in [-0.4, -0.2) is 13.1 Å². The number of carbonyl (C=O) groups is 1. The Bertz CT molecular complexity index is 503. The van der Waals surface area contributed by atoms with Crippen molar-refractivity contribution in [2.75, 3.05) is 7.11 Å². The first kappa shape index (κ1) is 11.8. The Hall–Kier alpha value is -1.64. The van der Waals surface area contributed by atoms with Crippen molar-refractivity contribution in [3.8, 4) is 0 Å². The number of allylic oxidation sites excluding steroid dienone is 2. The molecule has 1 aliphatic carbocycles. The summed E-state index contributed by atoms with van der Waals surface area (Å²) in [4.78, 5) is 11.7. The molecule has 0 bridgehead atoms. The first-order valence-corrected chi connectivity index (χ1v) is 5.58. The van der Waals surface area contributed by atoms with Crippen molar-refractivity contribution in [3.63, 3.8) is 0 Å². The minimum Gasteiger partial charge on any atom is -0.469 e. The largest absolute Gasteiger partial charge is 0.469 e. The fourth-order valence-electron chi connectivity index (χ4n) is 2.32. The number of fused-ring (bicyclic) bond motifs is 1. The molecular weight excluding hydrogens is 219 g/mol. The summed E-state index contributed by atoms with van der Waals surface area (Å²) in [5.74, 6) is -0.997. The van der Waals surface area contributed by atoms with Crippen LogP contribution < -0.4 is 0 Å². The number of halogens is 1. The van der Waals surface area contributed by atoms with Gasteiger partial charge in [-0.15, -0.1) is 0 Å². The number of ether oxygens (including phenoxy) is 1. The molecule has 0 heterocycles. The van der Waals surface area contributed by atoms with Gasteiger partial charge in [-0.3, -0.25) is 4.79 Å². The van der Waals surface area contributed by atoms with E-state index in [4.69, 9.17) is 4.74 Å². The lowest BCUT2D eigenvalue weighted by molar-refractivity contribution is -0.142. The highest BCUT2D eigenvalue weighted by molar-refractivity contribution is 5.85. The van der Waals surface area contributed by atoms with Crippen LogP contribution in [0.15, 0.2) is 23.8 Å². The zero-order valence-electron chi connectivity index (χ0n) is 10.2. The van der Waals surface area contributed by atoms with Crippen LogP contribution in [-0.2, 0) is 9.53 Å². The molecule has 0 amide bonds. The molecule has 1 aromatic carbocycles.